The maximum Gasteiger partial charge on any atom is 0.251 e. The van der Waals surface area contributed by atoms with E-state index in [2.05, 4.69) is 17.2 Å². The van der Waals surface area contributed by atoms with E-state index in [1.165, 1.54) is 41.3 Å². The Labute approximate surface area is 160 Å². The summed E-state index contributed by atoms with van der Waals surface area (Å²) in [4.78, 5) is 37.4. The Kier molecular flexibility index (Phi) is 5.39. The summed E-state index contributed by atoms with van der Waals surface area (Å²) in [5, 5.41) is 14.9. The minimum absolute atomic E-state index is 0.0399. The van der Waals surface area contributed by atoms with E-state index in [0.29, 0.717) is 0 Å². The van der Waals surface area contributed by atoms with E-state index in [9.17, 15) is 23.9 Å². The van der Waals surface area contributed by atoms with E-state index in [0.717, 1.165) is 6.08 Å². The lowest BCUT2D eigenvalue weighted by Crippen LogP contribution is -2.37. The summed E-state index contributed by atoms with van der Waals surface area (Å²) >= 11 is 0. The van der Waals surface area contributed by atoms with Crippen LogP contribution in [0.5, 0.6) is 5.75 Å². The van der Waals surface area contributed by atoms with Crippen molar-refractivity contribution in [1.82, 2.24) is 5.32 Å². The second-order valence-corrected chi connectivity index (χ2v) is 6.26. The molecule has 0 aromatic heterocycles. The highest BCUT2D eigenvalue weighted by Crippen LogP contribution is 2.26. The number of carbonyl (C=O) groups excluding carboxylic acids is 3. The average molecular weight is 383 g/mol. The molecule has 1 unspecified atom stereocenters. The fourth-order valence-electron chi connectivity index (χ4n) is 2.94. The van der Waals surface area contributed by atoms with E-state index in [4.69, 9.17) is 0 Å². The Bertz CT molecular complexity index is 960. The third-order valence-corrected chi connectivity index (χ3v) is 4.31. The summed E-state index contributed by atoms with van der Waals surface area (Å²) in [5.41, 5.74) is 0.422. The molecular weight excluding hydrogens is 365 g/mol. The fraction of sp³-hybridized carbons (Fsp3) is 0.150. The van der Waals surface area contributed by atoms with Crippen LogP contribution in [0.15, 0.2) is 55.1 Å². The summed E-state index contributed by atoms with van der Waals surface area (Å²) in [6.07, 6.45) is 1.08. The van der Waals surface area contributed by atoms with Crippen molar-refractivity contribution in [2.24, 2.45) is 0 Å². The number of carbonyl (C=O) groups is 3. The van der Waals surface area contributed by atoms with Gasteiger partial charge >= 0.3 is 0 Å². The van der Waals surface area contributed by atoms with Gasteiger partial charge in [-0.1, -0.05) is 18.7 Å². The first-order chi connectivity index (χ1) is 13.4. The molecule has 0 spiro atoms. The monoisotopic (exact) mass is 383 g/mol. The van der Waals surface area contributed by atoms with Gasteiger partial charge in [0.1, 0.15) is 11.6 Å². The lowest BCUT2D eigenvalue weighted by atomic mass is 10.1. The number of hydrogen-bond donors (Lipinski definition) is 3. The molecule has 144 valence electrons. The third kappa shape index (κ3) is 4.01. The molecule has 1 fully saturated rings. The summed E-state index contributed by atoms with van der Waals surface area (Å²) in [7, 11) is 0. The molecule has 2 aromatic carbocycles. The van der Waals surface area contributed by atoms with E-state index < -0.39 is 23.7 Å². The van der Waals surface area contributed by atoms with Gasteiger partial charge in [0.25, 0.3) is 5.91 Å². The molecule has 0 radical (unpaired) electrons. The van der Waals surface area contributed by atoms with E-state index in [-0.39, 0.29) is 41.6 Å². The Morgan fingerprint density at radius 1 is 1.25 bits per heavy atom. The van der Waals surface area contributed by atoms with Crippen LogP contribution in [0.2, 0.25) is 0 Å². The topological polar surface area (TPSA) is 98.7 Å². The van der Waals surface area contributed by atoms with Crippen LogP contribution in [0, 0.1) is 5.82 Å². The van der Waals surface area contributed by atoms with E-state index in [1.54, 1.807) is 6.07 Å². The molecule has 3 N–H and O–H groups in total. The van der Waals surface area contributed by atoms with Crippen molar-refractivity contribution in [3.8, 4) is 5.75 Å². The standard InChI is InChI=1S/C20H18FN3O4/c1-2-18(26)23-15-9-12(7-8-17(15)25)20(28)22-13-10-19(27)24(11-13)16-6-4-3-5-14(16)21/h2-9,13,25H,1,10-11H2,(H,22,28)(H,23,26). The lowest BCUT2D eigenvalue weighted by molar-refractivity contribution is -0.117. The van der Waals surface area contributed by atoms with Gasteiger partial charge < -0.3 is 20.6 Å². The van der Waals surface area contributed by atoms with Crippen molar-refractivity contribution < 1.29 is 23.9 Å². The van der Waals surface area contributed by atoms with Crippen molar-refractivity contribution in [3.63, 3.8) is 0 Å². The molecule has 28 heavy (non-hydrogen) atoms. The van der Waals surface area contributed by atoms with Crippen LogP contribution in [0.4, 0.5) is 15.8 Å². The highest BCUT2D eigenvalue weighted by molar-refractivity contribution is 6.02. The van der Waals surface area contributed by atoms with Gasteiger partial charge in [-0.3, -0.25) is 14.4 Å². The summed E-state index contributed by atoms with van der Waals surface area (Å²) in [5.74, 6) is -2.02. The molecule has 2 aromatic rings. The lowest BCUT2D eigenvalue weighted by Gasteiger charge is -2.18. The smallest absolute Gasteiger partial charge is 0.251 e. The second-order valence-electron chi connectivity index (χ2n) is 6.26. The maximum absolute atomic E-state index is 13.9. The van der Waals surface area contributed by atoms with Crippen molar-refractivity contribution >= 4 is 29.1 Å². The van der Waals surface area contributed by atoms with Crippen molar-refractivity contribution in [2.45, 2.75) is 12.5 Å². The first-order valence-electron chi connectivity index (χ1n) is 8.51. The zero-order valence-electron chi connectivity index (χ0n) is 14.8. The summed E-state index contributed by atoms with van der Waals surface area (Å²) in [6.45, 7) is 3.46. The summed E-state index contributed by atoms with van der Waals surface area (Å²) < 4.78 is 13.9. The number of hydrogen-bond acceptors (Lipinski definition) is 4. The number of phenolic OH excluding ortho intramolecular Hbond substituents is 1. The Hall–Kier alpha value is -3.68. The van der Waals surface area contributed by atoms with Crippen molar-refractivity contribution in [2.75, 3.05) is 16.8 Å². The molecule has 8 heteroatoms. The van der Waals surface area contributed by atoms with Gasteiger partial charge in [-0.05, 0) is 36.4 Å². The minimum atomic E-state index is -0.533. The molecule has 0 aliphatic carbocycles. The van der Waals surface area contributed by atoms with Crippen LogP contribution in [0.25, 0.3) is 0 Å². The predicted molar refractivity (Wildman–Crippen MR) is 102 cm³/mol. The van der Waals surface area contributed by atoms with Gasteiger partial charge in [-0.25, -0.2) is 4.39 Å². The SMILES string of the molecule is C=CC(=O)Nc1cc(C(=O)NC2CC(=O)N(c3ccccc3F)C2)ccc1O. The zero-order chi connectivity index (χ0) is 20.3. The molecule has 3 rings (SSSR count). The van der Waals surface area contributed by atoms with Crippen LogP contribution < -0.4 is 15.5 Å². The highest BCUT2D eigenvalue weighted by Gasteiger charge is 2.33. The van der Waals surface area contributed by atoms with Crippen molar-refractivity contribution in [1.29, 1.82) is 0 Å². The Balaban J connectivity index is 1.71. The van der Waals surface area contributed by atoms with E-state index >= 15 is 0 Å². The number of halogens is 1. The number of benzene rings is 2. The number of nitrogens with one attached hydrogen (secondary N) is 2. The van der Waals surface area contributed by atoms with Gasteiger partial charge in [-0.2, -0.15) is 0 Å². The number of rotatable bonds is 5. The maximum atomic E-state index is 13.9. The van der Waals surface area contributed by atoms with Crippen LogP contribution in [0.3, 0.4) is 0 Å². The molecule has 1 aliphatic rings. The highest BCUT2D eigenvalue weighted by atomic mass is 19.1. The Morgan fingerprint density at radius 2 is 2.00 bits per heavy atom. The predicted octanol–water partition coefficient (Wildman–Crippen LogP) is 2.19. The first-order valence-corrected chi connectivity index (χ1v) is 8.51. The third-order valence-electron chi connectivity index (χ3n) is 4.31. The molecule has 3 amide bonds. The molecule has 7 nitrogen and oxygen atoms in total. The van der Waals surface area contributed by atoms with Gasteiger partial charge in [0.05, 0.1) is 17.4 Å². The normalized spacial score (nSPS) is 16.0. The number of amides is 3. The largest absolute Gasteiger partial charge is 0.506 e. The van der Waals surface area contributed by atoms with Gasteiger partial charge in [0.2, 0.25) is 11.8 Å². The summed E-state index contributed by atoms with van der Waals surface area (Å²) in [6, 6.07) is 9.42. The fourth-order valence-corrected chi connectivity index (χ4v) is 2.94. The number of aromatic hydroxyl groups is 1. The minimum Gasteiger partial charge on any atom is -0.506 e. The molecule has 1 heterocycles. The first kappa shape index (κ1) is 19.1. The molecule has 0 saturated carbocycles. The molecule has 1 atom stereocenters. The molecule has 1 saturated heterocycles. The molecule has 0 bridgehead atoms. The zero-order valence-corrected chi connectivity index (χ0v) is 14.8. The number of anilines is 2. The van der Waals surface area contributed by atoms with Crippen LogP contribution in [-0.2, 0) is 9.59 Å². The average Bonchev–Trinajstić information content (AvgIpc) is 3.03. The van der Waals surface area contributed by atoms with E-state index in [1.807, 2.05) is 0 Å². The van der Waals surface area contributed by atoms with Crippen LogP contribution >= 0.6 is 0 Å². The van der Waals surface area contributed by atoms with Crippen molar-refractivity contribution in [3.05, 3.63) is 66.5 Å². The number of nitrogens with zero attached hydrogens (tertiary/aromatic N) is 1. The number of phenols is 1. The second kappa shape index (κ2) is 7.91. The molecular formula is C20H18FN3O4. The van der Waals surface area contributed by atoms with Gasteiger partial charge in [0.15, 0.2) is 0 Å². The van der Waals surface area contributed by atoms with Crippen LogP contribution in [-0.4, -0.2) is 35.4 Å². The van der Waals surface area contributed by atoms with Gasteiger partial charge in [-0.15, -0.1) is 0 Å². The van der Waals surface area contributed by atoms with Crippen LogP contribution in [0.1, 0.15) is 16.8 Å². The number of para-hydroxylation sites is 1. The quantitative estimate of drug-likeness (QED) is 0.544. The van der Waals surface area contributed by atoms with Gasteiger partial charge in [0, 0.05) is 18.5 Å². The Morgan fingerprint density at radius 3 is 2.71 bits per heavy atom. The molecule has 1 aliphatic heterocycles.